The molecule has 1 aliphatic rings. The van der Waals surface area contributed by atoms with E-state index in [0.717, 1.165) is 17.7 Å². The molecule has 0 aliphatic carbocycles. The SMILES string of the molecule is CC1(C)CN[C@H](c2cc(Cl)cc(-c3ncc(N)cn3)c2)CO1. The van der Waals surface area contributed by atoms with E-state index in [1.807, 2.05) is 18.2 Å². The van der Waals surface area contributed by atoms with E-state index in [9.17, 15) is 0 Å². The first kappa shape index (κ1) is 15.2. The van der Waals surface area contributed by atoms with Crippen LogP contribution in [0.5, 0.6) is 0 Å². The third kappa shape index (κ3) is 3.38. The Labute approximate surface area is 134 Å². The van der Waals surface area contributed by atoms with E-state index in [0.29, 0.717) is 23.1 Å². The fourth-order valence-electron chi connectivity index (χ4n) is 2.43. The molecule has 0 saturated carbocycles. The van der Waals surface area contributed by atoms with Crippen LogP contribution in [0.3, 0.4) is 0 Å². The van der Waals surface area contributed by atoms with Crippen LogP contribution in [0.2, 0.25) is 5.02 Å². The van der Waals surface area contributed by atoms with Crippen LogP contribution >= 0.6 is 11.6 Å². The molecule has 1 aromatic carbocycles. The second-order valence-electron chi connectivity index (χ2n) is 6.12. The molecule has 116 valence electrons. The maximum Gasteiger partial charge on any atom is 0.159 e. The Morgan fingerprint density at radius 2 is 2.00 bits per heavy atom. The zero-order valence-electron chi connectivity index (χ0n) is 12.6. The summed E-state index contributed by atoms with van der Waals surface area (Å²) in [5, 5.41) is 4.15. The monoisotopic (exact) mass is 318 g/mol. The Bertz CT molecular complexity index is 662. The fourth-order valence-corrected chi connectivity index (χ4v) is 2.68. The number of aromatic nitrogens is 2. The van der Waals surface area contributed by atoms with Crippen molar-refractivity contribution in [2.45, 2.75) is 25.5 Å². The van der Waals surface area contributed by atoms with Crippen LogP contribution in [0, 0.1) is 0 Å². The highest BCUT2D eigenvalue weighted by Crippen LogP contribution is 2.28. The molecule has 2 heterocycles. The highest BCUT2D eigenvalue weighted by Gasteiger charge is 2.28. The number of rotatable bonds is 2. The number of nitrogen functional groups attached to an aromatic ring is 1. The van der Waals surface area contributed by atoms with E-state index in [2.05, 4.69) is 29.1 Å². The van der Waals surface area contributed by atoms with Gasteiger partial charge in [-0.05, 0) is 37.6 Å². The van der Waals surface area contributed by atoms with Gasteiger partial charge in [0.2, 0.25) is 0 Å². The molecule has 1 fully saturated rings. The van der Waals surface area contributed by atoms with Crippen molar-refractivity contribution in [2.75, 3.05) is 18.9 Å². The number of anilines is 1. The molecule has 1 saturated heterocycles. The lowest BCUT2D eigenvalue weighted by molar-refractivity contribution is -0.0586. The molecule has 1 aliphatic heterocycles. The molecule has 3 rings (SSSR count). The number of hydrogen-bond donors (Lipinski definition) is 2. The lowest BCUT2D eigenvalue weighted by Gasteiger charge is -2.36. The molecule has 5 nitrogen and oxygen atoms in total. The molecule has 0 bridgehead atoms. The van der Waals surface area contributed by atoms with Gasteiger partial charge in [0.05, 0.1) is 36.3 Å². The molecule has 0 amide bonds. The van der Waals surface area contributed by atoms with Gasteiger partial charge in [0.1, 0.15) is 0 Å². The van der Waals surface area contributed by atoms with Gasteiger partial charge in [-0.1, -0.05) is 11.6 Å². The number of hydrogen-bond acceptors (Lipinski definition) is 5. The van der Waals surface area contributed by atoms with Crippen molar-refractivity contribution in [1.82, 2.24) is 15.3 Å². The summed E-state index contributed by atoms with van der Waals surface area (Å²) in [5.41, 5.74) is 7.96. The largest absolute Gasteiger partial charge is 0.396 e. The lowest BCUT2D eigenvalue weighted by atomic mass is 10.00. The fraction of sp³-hybridized carbons (Fsp3) is 0.375. The summed E-state index contributed by atoms with van der Waals surface area (Å²) in [6, 6.07) is 5.95. The third-order valence-electron chi connectivity index (χ3n) is 3.67. The highest BCUT2D eigenvalue weighted by molar-refractivity contribution is 6.30. The molecule has 6 heteroatoms. The van der Waals surface area contributed by atoms with Crippen LogP contribution in [0.15, 0.2) is 30.6 Å². The third-order valence-corrected chi connectivity index (χ3v) is 3.89. The van der Waals surface area contributed by atoms with Gasteiger partial charge in [-0.15, -0.1) is 0 Å². The maximum absolute atomic E-state index is 6.26. The molecular weight excluding hydrogens is 300 g/mol. The minimum atomic E-state index is -0.141. The van der Waals surface area contributed by atoms with Crippen molar-refractivity contribution in [2.24, 2.45) is 0 Å². The van der Waals surface area contributed by atoms with Gasteiger partial charge in [-0.25, -0.2) is 9.97 Å². The normalized spacial score (nSPS) is 20.8. The summed E-state index contributed by atoms with van der Waals surface area (Å²) in [6.45, 7) is 5.54. The standard InChI is InChI=1S/C16H19ClN4O/c1-16(2)9-21-14(8-22-16)10-3-11(5-12(17)4-10)15-19-6-13(18)7-20-15/h3-7,14,21H,8-9,18H2,1-2H3/t14-/m0/s1. The molecule has 1 aromatic heterocycles. The smallest absolute Gasteiger partial charge is 0.159 e. The van der Waals surface area contributed by atoms with Crippen molar-refractivity contribution in [3.63, 3.8) is 0 Å². The Kier molecular flexibility index (Phi) is 4.04. The predicted molar refractivity (Wildman–Crippen MR) is 87.7 cm³/mol. The number of ether oxygens (including phenoxy) is 1. The predicted octanol–water partition coefficient (Wildman–Crippen LogP) is 2.82. The van der Waals surface area contributed by atoms with Gasteiger partial charge in [0.25, 0.3) is 0 Å². The van der Waals surface area contributed by atoms with Gasteiger partial charge in [0.15, 0.2) is 5.82 Å². The summed E-state index contributed by atoms with van der Waals surface area (Å²) < 4.78 is 5.88. The van der Waals surface area contributed by atoms with Crippen LogP contribution < -0.4 is 11.1 Å². The van der Waals surface area contributed by atoms with Crippen LogP contribution in [-0.2, 0) is 4.74 Å². The van der Waals surface area contributed by atoms with E-state index in [1.54, 1.807) is 12.4 Å². The molecule has 0 spiro atoms. The van der Waals surface area contributed by atoms with Crippen molar-refractivity contribution >= 4 is 17.3 Å². The van der Waals surface area contributed by atoms with E-state index in [4.69, 9.17) is 22.1 Å². The molecule has 2 aromatic rings. The first-order valence-electron chi connectivity index (χ1n) is 7.19. The van der Waals surface area contributed by atoms with E-state index in [1.165, 1.54) is 0 Å². The van der Waals surface area contributed by atoms with Gasteiger partial charge in [0, 0.05) is 17.1 Å². The number of nitrogens with two attached hydrogens (primary N) is 1. The number of benzene rings is 1. The van der Waals surface area contributed by atoms with Gasteiger partial charge >= 0.3 is 0 Å². The Balaban J connectivity index is 1.89. The number of morpholine rings is 1. The number of nitrogens with one attached hydrogen (secondary N) is 1. The Hall–Kier alpha value is -1.69. The van der Waals surface area contributed by atoms with Gasteiger partial charge in [-0.2, -0.15) is 0 Å². The van der Waals surface area contributed by atoms with Crippen LogP contribution in [-0.4, -0.2) is 28.7 Å². The molecule has 1 atom stereocenters. The minimum absolute atomic E-state index is 0.110. The molecule has 22 heavy (non-hydrogen) atoms. The first-order chi connectivity index (χ1) is 10.4. The second-order valence-corrected chi connectivity index (χ2v) is 6.55. The van der Waals surface area contributed by atoms with E-state index >= 15 is 0 Å². The molecule has 3 N–H and O–H groups in total. The second kappa shape index (κ2) is 5.83. The highest BCUT2D eigenvalue weighted by atomic mass is 35.5. The molecule has 0 unspecified atom stereocenters. The summed E-state index contributed by atoms with van der Waals surface area (Å²) in [6.07, 6.45) is 3.18. The van der Waals surface area contributed by atoms with Crippen LogP contribution in [0.1, 0.15) is 25.5 Å². The lowest BCUT2D eigenvalue weighted by Crippen LogP contribution is -2.47. The van der Waals surface area contributed by atoms with E-state index in [-0.39, 0.29) is 11.6 Å². The van der Waals surface area contributed by atoms with Crippen LogP contribution in [0.4, 0.5) is 5.69 Å². The number of nitrogens with zero attached hydrogens (tertiary/aromatic N) is 2. The number of halogens is 1. The summed E-state index contributed by atoms with van der Waals surface area (Å²) >= 11 is 6.26. The van der Waals surface area contributed by atoms with E-state index < -0.39 is 0 Å². The minimum Gasteiger partial charge on any atom is -0.396 e. The van der Waals surface area contributed by atoms with Crippen molar-refractivity contribution in [1.29, 1.82) is 0 Å². The Morgan fingerprint density at radius 3 is 2.64 bits per heavy atom. The molecule has 0 radical (unpaired) electrons. The van der Waals surface area contributed by atoms with Gasteiger partial charge in [-0.3, -0.25) is 0 Å². The van der Waals surface area contributed by atoms with Crippen molar-refractivity contribution in [3.05, 3.63) is 41.2 Å². The van der Waals surface area contributed by atoms with Crippen molar-refractivity contribution in [3.8, 4) is 11.4 Å². The summed E-state index contributed by atoms with van der Waals surface area (Å²) in [5.74, 6) is 0.606. The molecular formula is C16H19ClN4O. The summed E-state index contributed by atoms with van der Waals surface area (Å²) in [7, 11) is 0. The zero-order valence-corrected chi connectivity index (χ0v) is 13.4. The zero-order chi connectivity index (χ0) is 15.7. The quantitative estimate of drug-likeness (QED) is 0.890. The van der Waals surface area contributed by atoms with Gasteiger partial charge < -0.3 is 15.8 Å². The maximum atomic E-state index is 6.26. The average Bonchev–Trinajstić information content (AvgIpc) is 2.47. The first-order valence-corrected chi connectivity index (χ1v) is 7.56. The van der Waals surface area contributed by atoms with Crippen molar-refractivity contribution < 1.29 is 4.74 Å². The average molecular weight is 319 g/mol. The summed E-state index contributed by atoms with van der Waals surface area (Å²) in [4.78, 5) is 8.51. The Morgan fingerprint density at radius 1 is 1.27 bits per heavy atom. The topological polar surface area (TPSA) is 73.1 Å². The van der Waals surface area contributed by atoms with Crippen LogP contribution in [0.25, 0.3) is 11.4 Å².